The van der Waals surface area contributed by atoms with Gasteiger partial charge in [0.1, 0.15) is 0 Å². The van der Waals surface area contributed by atoms with Gasteiger partial charge in [-0.3, -0.25) is 4.55 Å². The fraction of sp³-hybridized carbons (Fsp3) is 0.636. The molecule has 108 valence electrons. The SMILES string of the molecule is C=CCC(CC=C)NCC.CCOS(=O)(=O)O.[S]. The van der Waals surface area contributed by atoms with Crippen molar-refractivity contribution in [2.24, 2.45) is 0 Å². The minimum absolute atomic E-state index is 0. The van der Waals surface area contributed by atoms with E-state index in [0.717, 1.165) is 19.4 Å². The molecule has 0 aromatic carbocycles. The molecule has 0 amide bonds. The third-order valence-electron chi connectivity index (χ3n) is 1.66. The van der Waals surface area contributed by atoms with E-state index in [0.29, 0.717) is 6.04 Å². The largest absolute Gasteiger partial charge is 0.397 e. The van der Waals surface area contributed by atoms with Gasteiger partial charge in [-0.2, -0.15) is 8.42 Å². The fourth-order valence-electron chi connectivity index (χ4n) is 1.10. The zero-order valence-electron chi connectivity index (χ0n) is 11.0. The Balaban J connectivity index is -0.000000251. The van der Waals surface area contributed by atoms with Crippen molar-refractivity contribution in [3.8, 4) is 0 Å². The molecular formula is C11H23NO4S2. The van der Waals surface area contributed by atoms with E-state index >= 15 is 0 Å². The molecule has 0 atom stereocenters. The first kappa shape index (κ1) is 22.8. The van der Waals surface area contributed by atoms with Crippen LogP contribution < -0.4 is 5.32 Å². The molecule has 0 aliphatic carbocycles. The molecule has 0 aliphatic rings. The highest BCUT2D eigenvalue weighted by molar-refractivity contribution is 7.80. The summed E-state index contributed by atoms with van der Waals surface area (Å²) in [5.74, 6) is 0. The summed E-state index contributed by atoms with van der Waals surface area (Å²) in [6.45, 7) is 11.9. The van der Waals surface area contributed by atoms with Gasteiger partial charge in [0.2, 0.25) is 0 Å². The van der Waals surface area contributed by atoms with Crippen LogP contribution in [-0.2, 0) is 14.6 Å². The van der Waals surface area contributed by atoms with E-state index in [1.807, 2.05) is 12.2 Å². The van der Waals surface area contributed by atoms with Crippen LogP contribution in [0.15, 0.2) is 25.3 Å². The van der Waals surface area contributed by atoms with Crippen LogP contribution in [0.1, 0.15) is 26.7 Å². The molecule has 0 fully saturated rings. The van der Waals surface area contributed by atoms with Crippen LogP contribution in [0.4, 0.5) is 0 Å². The van der Waals surface area contributed by atoms with Gasteiger partial charge in [0.05, 0.1) is 6.61 Å². The van der Waals surface area contributed by atoms with Crippen molar-refractivity contribution in [1.29, 1.82) is 0 Å². The normalized spacial score (nSPS) is 10.0. The molecule has 0 aliphatic heterocycles. The molecular weight excluding hydrogens is 274 g/mol. The average Bonchev–Trinajstić information content (AvgIpc) is 2.18. The van der Waals surface area contributed by atoms with E-state index < -0.39 is 10.4 Å². The van der Waals surface area contributed by atoms with Crippen LogP contribution in [-0.4, -0.2) is 32.2 Å². The summed E-state index contributed by atoms with van der Waals surface area (Å²) in [6, 6.07) is 0.542. The lowest BCUT2D eigenvalue weighted by molar-refractivity contribution is 0.283. The summed E-state index contributed by atoms with van der Waals surface area (Å²) >= 11 is 0. The Bertz CT molecular complexity index is 281. The molecule has 0 bridgehead atoms. The third kappa shape index (κ3) is 21.0. The summed E-state index contributed by atoms with van der Waals surface area (Å²) in [5, 5.41) is 3.34. The predicted octanol–water partition coefficient (Wildman–Crippen LogP) is 2.59. The second-order valence-corrected chi connectivity index (χ2v) is 4.23. The molecule has 18 heavy (non-hydrogen) atoms. The zero-order chi connectivity index (χ0) is 13.7. The molecule has 0 aromatic rings. The van der Waals surface area contributed by atoms with Gasteiger partial charge in [-0.1, -0.05) is 19.1 Å². The maximum Gasteiger partial charge on any atom is 0.397 e. The van der Waals surface area contributed by atoms with E-state index in [9.17, 15) is 8.42 Å². The Morgan fingerprint density at radius 3 is 1.89 bits per heavy atom. The lowest BCUT2D eigenvalue weighted by Crippen LogP contribution is -2.27. The lowest BCUT2D eigenvalue weighted by atomic mass is 10.1. The van der Waals surface area contributed by atoms with Crippen molar-refractivity contribution in [3.63, 3.8) is 0 Å². The topological polar surface area (TPSA) is 75.6 Å². The molecule has 7 heteroatoms. The molecule has 0 unspecified atom stereocenters. The first-order valence-electron chi connectivity index (χ1n) is 5.48. The monoisotopic (exact) mass is 297 g/mol. The fourth-order valence-corrected chi connectivity index (χ4v) is 1.40. The summed E-state index contributed by atoms with van der Waals surface area (Å²) in [6.07, 6.45) is 5.94. The molecule has 0 saturated carbocycles. The van der Waals surface area contributed by atoms with Gasteiger partial charge >= 0.3 is 10.4 Å². The van der Waals surface area contributed by atoms with Crippen molar-refractivity contribution in [1.82, 2.24) is 5.32 Å². The minimum Gasteiger partial charge on any atom is -0.314 e. The van der Waals surface area contributed by atoms with Crippen LogP contribution in [0.5, 0.6) is 0 Å². The molecule has 0 heterocycles. The van der Waals surface area contributed by atoms with Crippen molar-refractivity contribution in [3.05, 3.63) is 25.3 Å². The molecule has 0 saturated heterocycles. The van der Waals surface area contributed by atoms with Gasteiger partial charge in [0.15, 0.2) is 0 Å². The van der Waals surface area contributed by atoms with Crippen molar-refractivity contribution >= 4 is 23.9 Å². The van der Waals surface area contributed by atoms with E-state index in [1.54, 1.807) is 0 Å². The smallest absolute Gasteiger partial charge is 0.314 e. The zero-order valence-corrected chi connectivity index (χ0v) is 12.6. The lowest BCUT2D eigenvalue weighted by Gasteiger charge is -2.12. The number of rotatable bonds is 8. The third-order valence-corrected chi connectivity index (χ3v) is 2.20. The molecule has 2 N–H and O–H groups in total. The second-order valence-electron chi connectivity index (χ2n) is 3.14. The van der Waals surface area contributed by atoms with Crippen LogP contribution in [0.25, 0.3) is 0 Å². The summed E-state index contributed by atoms with van der Waals surface area (Å²) in [4.78, 5) is 0. The quantitative estimate of drug-likeness (QED) is 0.532. The molecule has 0 rings (SSSR count). The van der Waals surface area contributed by atoms with Crippen LogP contribution in [0.2, 0.25) is 0 Å². The Morgan fingerprint density at radius 1 is 1.28 bits per heavy atom. The Morgan fingerprint density at radius 2 is 1.72 bits per heavy atom. The first-order valence-corrected chi connectivity index (χ1v) is 6.84. The number of hydrogen-bond acceptors (Lipinski definition) is 4. The highest BCUT2D eigenvalue weighted by Gasteiger charge is 2.00. The van der Waals surface area contributed by atoms with Gasteiger partial charge in [0, 0.05) is 19.5 Å². The molecule has 0 aromatic heterocycles. The molecule has 0 spiro atoms. The van der Waals surface area contributed by atoms with Crippen molar-refractivity contribution in [2.75, 3.05) is 13.2 Å². The Kier molecular flexibility index (Phi) is 18.7. The highest BCUT2D eigenvalue weighted by atomic mass is 32.3. The number of nitrogens with one attached hydrogen (secondary N) is 1. The maximum atomic E-state index is 9.56. The molecule has 2 radical (unpaired) electrons. The van der Waals surface area contributed by atoms with Gasteiger partial charge in [-0.15, -0.1) is 13.2 Å². The first-order chi connectivity index (χ1) is 7.91. The molecule has 5 nitrogen and oxygen atoms in total. The van der Waals surface area contributed by atoms with Gasteiger partial charge in [0.25, 0.3) is 0 Å². The Hall–Kier alpha value is -0.340. The van der Waals surface area contributed by atoms with E-state index in [1.165, 1.54) is 6.92 Å². The van der Waals surface area contributed by atoms with E-state index in [-0.39, 0.29) is 20.1 Å². The second kappa shape index (κ2) is 14.7. The summed E-state index contributed by atoms with van der Waals surface area (Å²) in [5.41, 5.74) is 0. The summed E-state index contributed by atoms with van der Waals surface area (Å²) in [7, 11) is -4.17. The Labute approximate surface area is 118 Å². The predicted molar refractivity (Wildman–Crippen MR) is 77.9 cm³/mol. The highest BCUT2D eigenvalue weighted by Crippen LogP contribution is 1.98. The minimum atomic E-state index is -4.17. The van der Waals surface area contributed by atoms with E-state index in [4.69, 9.17) is 4.55 Å². The maximum absolute atomic E-state index is 9.56. The van der Waals surface area contributed by atoms with Gasteiger partial charge in [-0.05, 0) is 26.3 Å². The standard InChI is InChI=1S/C9H17N.C2H6O4S.S/c1-4-7-9(8-5-2)10-6-3;1-2-6-7(3,4)5;/h4-5,9-10H,1-2,6-8H2,3H3;2H2,1H3,(H,3,4,5);. The average molecular weight is 297 g/mol. The van der Waals surface area contributed by atoms with Crippen LogP contribution in [0.3, 0.4) is 0 Å². The van der Waals surface area contributed by atoms with Gasteiger partial charge in [-0.25, -0.2) is 4.18 Å². The van der Waals surface area contributed by atoms with Crippen LogP contribution in [0, 0.1) is 0 Å². The van der Waals surface area contributed by atoms with Gasteiger partial charge < -0.3 is 5.32 Å². The van der Waals surface area contributed by atoms with E-state index in [2.05, 4.69) is 29.6 Å². The van der Waals surface area contributed by atoms with Crippen molar-refractivity contribution in [2.45, 2.75) is 32.7 Å². The summed E-state index contributed by atoms with van der Waals surface area (Å²) < 4.78 is 30.7. The van der Waals surface area contributed by atoms with Crippen LogP contribution >= 0.6 is 13.5 Å². The number of hydrogen-bond donors (Lipinski definition) is 2. The van der Waals surface area contributed by atoms with Crippen molar-refractivity contribution < 1.29 is 17.2 Å².